The molecule has 0 spiro atoms. The summed E-state index contributed by atoms with van der Waals surface area (Å²) in [6.07, 6.45) is 3.28. The lowest BCUT2D eigenvalue weighted by molar-refractivity contribution is 0.289. The quantitative estimate of drug-likeness (QED) is 0.436. The van der Waals surface area contributed by atoms with E-state index in [0.717, 1.165) is 68.4 Å². The first-order chi connectivity index (χ1) is 13.2. The lowest BCUT2D eigenvalue weighted by atomic mass is 10.1. The zero-order valence-corrected chi connectivity index (χ0v) is 17.0. The van der Waals surface area contributed by atoms with Gasteiger partial charge in [-0.2, -0.15) is 0 Å². The van der Waals surface area contributed by atoms with Crippen LogP contribution in [0.25, 0.3) is 0 Å². The maximum Gasteiger partial charge on any atom is 0.142 e. The van der Waals surface area contributed by atoms with Crippen LogP contribution in [-0.4, -0.2) is 26.3 Å². The highest BCUT2D eigenvalue weighted by atomic mass is 16.5. The van der Waals surface area contributed by atoms with E-state index in [-0.39, 0.29) is 0 Å². The fourth-order valence-corrected chi connectivity index (χ4v) is 2.58. The van der Waals surface area contributed by atoms with Gasteiger partial charge in [-0.3, -0.25) is 0 Å². The summed E-state index contributed by atoms with van der Waals surface area (Å²) in [6.45, 7) is 9.74. The van der Waals surface area contributed by atoms with Crippen molar-refractivity contribution in [2.24, 2.45) is 5.92 Å². The summed E-state index contributed by atoms with van der Waals surface area (Å²) >= 11 is 0. The van der Waals surface area contributed by atoms with Gasteiger partial charge in [0.2, 0.25) is 0 Å². The van der Waals surface area contributed by atoms with E-state index in [9.17, 15) is 0 Å². The van der Waals surface area contributed by atoms with Gasteiger partial charge in [0.1, 0.15) is 11.5 Å². The summed E-state index contributed by atoms with van der Waals surface area (Å²) in [4.78, 5) is 0. The van der Waals surface area contributed by atoms with Crippen LogP contribution in [0.4, 0.5) is 11.4 Å². The Labute approximate surface area is 164 Å². The van der Waals surface area contributed by atoms with Crippen molar-refractivity contribution in [3.63, 3.8) is 0 Å². The van der Waals surface area contributed by atoms with E-state index in [1.807, 2.05) is 30.3 Å². The summed E-state index contributed by atoms with van der Waals surface area (Å²) in [6, 6.07) is 16.3. The first-order valence-electron chi connectivity index (χ1n) is 10.1. The number of para-hydroxylation sites is 2. The van der Waals surface area contributed by atoms with Crippen molar-refractivity contribution in [1.29, 1.82) is 0 Å². The number of benzene rings is 2. The third-order valence-corrected chi connectivity index (χ3v) is 4.21. The van der Waals surface area contributed by atoms with Gasteiger partial charge in [0.15, 0.2) is 0 Å². The van der Waals surface area contributed by atoms with Crippen LogP contribution < -0.4 is 20.1 Å². The van der Waals surface area contributed by atoms with E-state index in [4.69, 9.17) is 9.47 Å². The molecule has 0 aliphatic heterocycles. The highest BCUT2D eigenvalue weighted by Crippen LogP contribution is 2.24. The molecule has 0 amide bonds. The minimum Gasteiger partial charge on any atom is -0.494 e. The fourth-order valence-electron chi connectivity index (χ4n) is 2.58. The molecule has 0 fully saturated rings. The number of rotatable bonds is 13. The van der Waals surface area contributed by atoms with Crippen molar-refractivity contribution in [1.82, 2.24) is 0 Å². The maximum absolute atomic E-state index is 5.86. The SMILES string of the molecule is CCCCOc1ccccc1NCCNc1cccc(OCCC(C)C)c1. The van der Waals surface area contributed by atoms with Gasteiger partial charge in [0, 0.05) is 24.8 Å². The summed E-state index contributed by atoms with van der Waals surface area (Å²) < 4.78 is 11.7. The van der Waals surface area contributed by atoms with Crippen LogP contribution in [-0.2, 0) is 0 Å². The second-order valence-corrected chi connectivity index (χ2v) is 7.11. The molecular weight excluding hydrogens is 336 g/mol. The van der Waals surface area contributed by atoms with Crippen LogP contribution in [0.15, 0.2) is 48.5 Å². The van der Waals surface area contributed by atoms with Gasteiger partial charge in [-0.1, -0.05) is 45.4 Å². The fraction of sp³-hybridized carbons (Fsp3) is 0.478. The van der Waals surface area contributed by atoms with Crippen molar-refractivity contribution >= 4 is 11.4 Å². The molecule has 0 aromatic heterocycles. The van der Waals surface area contributed by atoms with E-state index in [1.54, 1.807) is 0 Å². The summed E-state index contributed by atoms with van der Waals surface area (Å²) in [7, 11) is 0. The number of hydrogen-bond acceptors (Lipinski definition) is 4. The molecule has 2 aromatic rings. The minimum absolute atomic E-state index is 0.659. The molecule has 2 rings (SSSR count). The Morgan fingerprint density at radius 2 is 1.70 bits per heavy atom. The smallest absolute Gasteiger partial charge is 0.142 e. The average Bonchev–Trinajstić information content (AvgIpc) is 2.66. The van der Waals surface area contributed by atoms with Crippen LogP contribution in [0.3, 0.4) is 0 Å². The topological polar surface area (TPSA) is 42.5 Å². The van der Waals surface area contributed by atoms with E-state index in [2.05, 4.69) is 49.6 Å². The number of unbranched alkanes of at least 4 members (excludes halogenated alkanes) is 1. The van der Waals surface area contributed by atoms with Crippen molar-refractivity contribution in [2.75, 3.05) is 36.9 Å². The first-order valence-corrected chi connectivity index (χ1v) is 10.1. The number of anilines is 2. The van der Waals surface area contributed by atoms with Crippen molar-refractivity contribution in [3.05, 3.63) is 48.5 Å². The molecule has 0 heterocycles. The van der Waals surface area contributed by atoms with E-state index in [1.165, 1.54) is 0 Å². The predicted molar refractivity (Wildman–Crippen MR) is 115 cm³/mol. The van der Waals surface area contributed by atoms with Gasteiger partial charge in [-0.15, -0.1) is 0 Å². The Balaban J connectivity index is 1.75. The molecule has 4 heteroatoms. The van der Waals surface area contributed by atoms with Crippen LogP contribution >= 0.6 is 0 Å². The van der Waals surface area contributed by atoms with Crippen LogP contribution in [0.2, 0.25) is 0 Å². The molecule has 0 aliphatic carbocycles. The highest BCUT2D eigenvalue weighted by molar-refractivity contribution is 5.56. The van der Waals surface area contributed by atoms with Crippen LogP contribution in [0.1, 0.15) is 40.0 Å². The predicted octanol–water partition coefficient (Wildman–Crippen LogP) is 5.81. The van der Waals surface area contributed by atoms with E-state index >= 15 is 0 Å². The standard InChI is InChI=1S/C23H34N2O2/c1-4-5-16-27-23-12-7-6-11-22(23)25-15-14-24-20-9-8-10-21(18-20)26-17-13-19(2)3/h6-12,18-19,24-25H,4-5,13-17H2,1-3H3. The third-order valence-electron chi connectivity index (χ3n) is 4.21. The van der Waals surface area contributed by atoms with E-state index in [0.29, 0.717) is 5.92 Å². The Kier molecular flexibility index (Phi) is 9.39. The third kappa shape index (κ3) is 8.25. The molecule has 27 heavy (non-hydrogen) atoms. The maximum atomic E-state index is 5.86. The molecule has 0 aliphatic rings. The molecule has 2 aromatic carbocycles. The lowest BCUT2D eigenvalue weighted by Crippen LogP contribution is -2.14. The zero-order chi connectivity index (χ0) is 19.3. The molecule has 0 atom stereocenters. The van der Waals surface area contributed by atoms with E-state index < -0.39 is 0 Å². The average molecular weight is 371 g/mol. The van der Waals surface area contributed by atoms with Crippen molar-refractivity contribution in [3.8, 4) is 11.5 Å². The Morgan fingerprint density at radius 3 is 2.52 bits per heavy atom. The number of hydrogen-bond donors (Lipinski definition) is 2. The molecule has 2 N–H and O–H groups in total. The lowest BCUT2D eigenvalue weighted by Gasteiger charge is -2.14. The van der Waals surface area contributed by atoms with Gasteiger partial charge in [0.25, 0.3) is 0 Å². The van der Waals surface area contributed by atoms with Gasteiger partial charge in [-0.05, 0) is 43.0 Å². The van der Waals surface area contributed by atoms with Crippen LogP contribution in [0.5, 0.6) is 11.5 Å². The molecule has 0 saturated carbocycles. The summed E-state index contributed by atoms with van der Waals surface area (Å²) in [5, 5.41) is 6.90. The monoisotopic (exact) mass is 370 g/mol. The Morgan fingerprint density at radius 1 is 0.889 bits per heavy atom. The molecule has 0 radical (unpaired) electrons. The molecule has 0 unspecified atom stereocenters. The molecule has 0 saturated heterocycles. The van der Waals surface area contributed by atoms with Crippen molar-refractivity contribution in [2.45, 2.75) is 40.0 Å². The Bertz CT molecular complexity index is 658. The van der Waals surface area contributed by atoms with Crippen LogP contribution in [0, 0.1) is 5.92 Å². The van der Waals surface area contributed by atoms with Gasteiger partial charge in [0.05, 0.1) is 18.9 Å². The molecule has 148 valence electrons. The normalized spacial score (nSPS) is 10.7. The molecular formula is C23H34N2O2. The second-order valence-electron chi connectivity index (χ2n) is 7.11. The Hall–Kier alpha value is -2.36. The zero-order valence-electron chi connectivity index (χ0n) is 17.0. The van der Waals surface area contributed by atoms with Gasteiger partial charge in [-0.25, -0.2) is 0 Å². The van der Waals surface area contributed by atoms with Gasteiger partial charge >= 0.3 is 0 Å². The molecule has 4 nitrogen and oxygen atoms in total. The number of ether oxygens (including phenoxy) is 2. The van der Waals surface area contributed by atoms with Gasteiger partial charge < -0.3 is 20.1 Å². The largest absolute Gasteiger partial charge is 0.494 e. The second kappa shape index (κ2) is 12.1. The minimum atomic E-state index is 0.659. The summed E-state index contributed by atoms with van der Waals surface area (Å²) in [5.41, 5.74) is 2.12. The summed E-state index contributed by atoms with van der Waals surface area (Å²) in [5.74, 6) is 2.50. The number of nitrogens with one attached hydrogen (secondary N) is 2. The molecule has 0 bridgehead atoms. The first kappa shape index (κ1) is 20.9. The van der Waals surface area contributed by atoms with Crippen molar-refractivity contribution < 1.29 is 9.47 Å². The highest BCUT2D eigenvalue weighted by Gasteiger charge is 2.02.